The van der Waals surface area contributed by atoms with Gasteiger partial charge in [-0.3, -0.25) is 0 Å². The number of likely N-dealkylation sites (tertiary alicyclic amines) is 1. The molecule has 100 valence electrons. The summed E-state index contributed by atoms with van der Waals surface area (Å²) in [6, 6.07) is 11.8. The van der Waals surface area contributed by atoms with Gasteiger partial charge < -0.3 is 4.90 Å². The van der Waals surface area contributed by atoms with Crippen LogP contribution in [-0.2, 0) is 6.42 Å². The normalized spacial score (nSPS) is 21.1. The smallest absolute Gasteiger partial charge is 0.00951 e. The standard InChI is InChI=1S/C17H27N/c1-2-9-17-13-6-7-14-18(17)15-8-12-16-10-4-3-5-11-16/h3-5,10-11,17H,2,6-9,12-15H2,1H3. The molecule has 1 aliphatic rings. The van der Waals surface area contributed by atoms with Crippen molar-refractivity contribution < 1.29 is 0 Å². The topological polar surface area (TPSA) is 3.24 Å². The van der Waals surface area contributed by atoms with Gasteiger partial charge in [-0.1, -0.05) is 50.1 Å². The Labute approximate surface area is 112 Å². The van der Waals surface area contributed by atoms with Crippen LogP contribution in [0.3, 0.4) is 0 Å². The van der Waals surface area contributed by atoms with Crippen molar-refractivity contribution in [2.45, 2.75) is 57.9 Å². The second-order valence-electron chi connectivity index (χ2n) is 5.56. The van der Waals surface area contributed by atoms with Crippen molar-refractivity contribution in [1.82, 2.24) is 4.90 Å². The van der Waals surface area contributed by atoms with Crippen LogP contribution in [0.4, 0.5) is 0 Å². The van der Waals surface area contributed by atoms with Gasteiger partial charge in [0.05, 0.1) is 0 Å². The molecule has 1 aromatic carbocycles. The van der Waals surface area contributed by atoms with E-state index < -0.39 is 0 Å². The summed E-state index contributed by atoms with van der Waals surface area (Å²) in [7, 11) is 0. The molecular formula is C17H27N. The molecule has 0 radical (unpaired) electrons. The van der Waals surface area contributed by atoms with Crippen LogP contribution in [-0.4, -0.2) is 24.0 Å². The largest absolute Gasteiger partial charge is 0.300 e. The first-order valence-electron chi connectivity index (χ1n) is 7.68. The van der Waals surface area contributed by atoms with Gasteiger partial charge in [0, 0.05) is 6.04 Å². The Morgan fingerprint density at radius 3 is 2.78 bits per heavy atom. The molecule has 1 unspecified atom stereocenters. The molecule has 0 bridgehead atoms. The first-order chi connectivity index (χ1) is 8.90. The van der Waals surface area contributed by atoms with E-state index in [0.29, 0.717) is 0 Å². The Hall–Kier alpha value is -0.820. The summed E-state index contributed by atoms with van der Waals surface area (Å²) >= 11 is 0. The highest BCUT2D eigenvalue weighted by Gasteiger charge is 2.20. The molecule has 0 aromatic heterocycles. The molecule has 1 nitrogen and oxygen atoms in total. The van der Waals surface area contributed by atoms with Crippen LogP contribution < -0.4 is 0 Å². The summed E-state index contributed by atoms with van der Waals surface area (Å²) in [4.78, 5) is 2.75. The van der Waals surface area contributed by atoms with E-state index in [1.165, 1.54) is 63.6 Å². The molecule has 0 saturated carbocycles. The molecule has 2 rings (SSSR count). The van der Waals surface area contributed by atoms with Gasteiger partial charge in [-0.25, -0.2) is 0 Å². The third-order valence-corrected chi connectivity index (χ3v) is 4.12. The molecule has 1 saturated heterocycles. The van der Waals surface area contributed by atoms with E-state index in [4.69, 9.17) is 0 Å². The van der Waals surface area contributed by atoms with E-state index >= 15 is 0 Å². The van der Waals surface area contributed by atoms with E-state index in [9.17, 15) is 0 Å². The van der Waals surface area contributed by atoms with Gasteiger partial charge in [-0.15, -0.1) is 0 Å². The number of benzene rings is 1. The molecule has 0 aliphatic carbocycles. The summed E-state index contributed by atoms with van der Waals surface area (Å²) in [5.74, 6) is 0. The van der Waals surface area contributed by atoms with Crippen LogP contribution in [0.15, 0.2) is 30.3 Å². The number of hydrogen-bond acceptors (Lipinski definition) is 1. The average Bonchev–Trinajstić information content (AvgIpc) is 2.42. The van der Waals surface area contributed by atoms with E-state index in [-0.39, 0.29) is 0 Å². The van der Waals surface area contributed by atoms with Crippen LogP contribution >= 0.6 is 0 Å². The molecule has 1 atom stereocenters. The first kappa shape index (κ1) is 13.6. The number of rotatable bonds is 6. The van der Waals surface area contributed by atoms with E-state index in [1.54, 1.807) is 0 Å². The quantitative estimate of drug-likeness (QED) is 0.723. The maximum absolute atomic E-state index is 2.75. The minimum atomic E-state index is 0.875. The lowest BCUT2D eigenvalue weighted by atomic mass is 9.97. The molecule has 0 amide bonds. The van der Waals surface area contributed by atoms with Crippen LogP contribution in [0.2, 0.25) is 0 Å². The van der Waals surface area contributed by atoms with Crippen molar-refractivity contribution in [3.8, 4) is 0 Å². The van der Waals surface area contributed by atoms with Crippen LogP contribution in [0.1, 0.15) is 51.0 Å². The molecule has 1 heterocycles. The van der Waals surface area contributed by atoms with Gasteiger partial charge in [-0.2, -0.15) is 0 Å². The molecule has 1 aromatic rings. The fraction of sp³-hybridized carbons (Fsp3) is 0.647. The zero-order valence-electron chi connectivity index (χ0n) is 11.8. The van der Waals surface area contributed by atoms with Crippen molar-refractivity contribution in [3.63, 3.8) is 0 Å². The molecule has 0 spiro atoms. The number of nitrogens with zero attached hydrogens (tertiary/aromatic N) is 1. The Morgan fingerprint density at radius 1 is 1.17 bits per heavy atom. The third kappa shape index (κ3) is 4.13. The van der Waals surface area contributed by atoms with Crippen molar-refractivity contribution in [3.05, 3.63) is 35.9 Å². The monoisotopic (exact) mass is 245 g/mol. The number of aryl methyl sites for hydroxylation is 1. The maximum Gasteiger partial charge on any atom is 0.00951 e. The van der Waals surface area contributed by atoms with Gasteiger partial charge in [0.25, 0.3) is 0 Å². The third-order valence-electron chi connectivity index (χ3n) is 4.12. The summed E-state index contributed by atoms with van der Waals surface area (Å²) < 4.78 is 0. The summed E-state index contributed by atoms with van der Waals surface area (Å²) in [5.41, 5.74) is 1.49. The predicted molar refractivity (Wildman–Crippen MR) is 78.9 cm³/mol. The predicted octanol–water partition coefficient (Wildman–Crippen LogP) is 4.27. The van der Waals surface area contributed by atoms with E-state index in [1.807, 2.05) is 0 Å². The van der Waals surface area contributed by atoms with Gasteiger partial charge in [0.15, 0.2) is 0 Å². The van der Waals surface area contributed by atoms with Crippen molar-refractivity contribution in [1.29, 1.82) is 0 Å². The van der Waals surface area contributed by atoms with Crippen molar-refractivity contribution in [2.75, 3.05) is 13.1 Å². The van der Waals surface area contributed by atoms with Crippen LogP contribution in [0.25, 0.3) is 0 Å². The highest BCUT2D eigenvalue weighted by Crippen LogP contribution is 2.21. The SMILES string of the molecule is CCCC1CCCCN1CCCc1ccccc1. The Balaban J connectivity index is 1.74. The summed E-state index contributed by atoms with van der Waals surface area (Å²) in [5, 5.41) is 0. The minimum absolute atomic E-state index is 0.875. The highest BCUT2D eigenvalue weighted by molar-refractivity contribution is 5.14. The lowest BCUT2D eigenvalue weighted by Gasteiger charge is -2.35. The molecule has 1 heteroatoms. The molecule has 1 aliphatic heterocycles. The van der Waals surface area contributed by atoms with Gasteiger partial charge in [0.1, 0.15) is 0 Å². The number of piperidine rings is 1. The molecule has 18 heavy (non-hydrogen) atoms. The van der Waals surface area contributed by atoms with E-state index in [2.05, 4.69) is 42.2 Å². The summed E-state index contributed by atoms with van der Waals surface area (Å²) in [6.45, 7) is 4.94. The fourth-order valence-corrected chi connectivity index (χ4v) is 3.15. The van der Waals surface area contributed by atoms with Crippen LogP contribution in [0, 0.1) is 0 Å². The Kier molecular flexibility index (Phi) is 5.73. The zero-order chi connectivity index (χ0) is 12.6. The van der Waals surface area contributed by atoms with Crippen molar-refractivity contribution >= 4 is 0 Å². The second kappa shape index (κ2) is 7.58. The first-order valence-corrected chi connectivity index (χ1v) is 7.68. The maximum atomic E-state index is 2.75. The van der Waals surface area contributed by atoms with Gasteiger partial charge in [-0.05, 0) is 50.8 Å². The second-order valence-corrected chi connectivity index (χ2v) is 5.56. The zero-order valence-corrected chi connectivity index (χ0v) is 11.8. The lowest BCUT2D eigenvalue weighted by Crippen LogP contribution is -2.40. The van der Waals surface area contributed by atoms with Gasteiger partial charge in [0.2, 0.25) is 0 Å². The molecular weight excluding hydrogens is 218 g/mol. The number of hydrogen-bond donors (Lipinski definition) is 0. The fourth-order valence-electron chi connectivity index (χ4n) is 3.15. The highest BCUT2D eigenvalue weighted by atomic mass is 15.2. The lowest BCUT2D eigenvalue weighted by molar-refractivity contribution is 0.138. The van der Waals surface area contributed by atoms with Crippen LogP contribution in [0.5, 0.6) is 0 Å². The summed E-state index contributed by atoms with van der Waals surface area (Å²) in [6.07, 6.45) is 9.55. The van der Waals surface area contributed by atoms with Crippen molar-refractivity contribution in [2.24, 2.45) is 0 Å². The molecule has 1 fully saturated rings. The minimum Gasteiger partial charge on any atom is -0.300 e. The average molecular weight is 245 g/mol. The Morgan fingerprint density at radius 2 is 2.00 bits per heavy atom. The van der Waals surface area contributed by atoms with E-state index in [0.717, 1.165) is 6.04 Å². The molecule has 0 N–H and O–H groups in total. The van der Waals surface area contributed by atoms with Gasteiger partial charge >= 0.3 is 0 Å². The Bertz CT molecular complexity index is 318.